The van der Waals surface area contributed by atoms with E-state index in [-0.39, 0.29) is 5.82 Å². The number of halogens is 1. The Balaban J connectivity index is 1.99. The largest absolute Gasteiger partial charge is 0.397 e. The molecule has 2 nitrogen and oxygen atoms in total. The normalized spacial score (nSPS) is 18.9. The monoisotopic (exact) mass is 236 g/mol. The number of anilines is 2. The summed E-state index contributed by atoms with van der Waals surface area (Å²) in [5.41, 5.74) is 7.49. The molecule has 0 unspecified atom stereocenters. The van der Waals surface area contributed by atoms with Gasteiger partial charge in [0.05, 0.1) is 11.4 Å². The standard InChI is InChI=1S/C14H21FN2/c1-14(7-3-2-4-8-14)10-17-13-9-11(15)5-6-12(13)16/h5-6,9,17H,2-4,7-8,10,16H2,1H3. The van der Waals surface area contributed by atoms with Crippen LogP contribution in [-0.4, -0.2) is 6.54 Å². The van der Waals surface area contributed by atoms with Crippen LogP contribution in [0.3, 0.4) is 0 Å². The molecule has 0 heterocycles. The highest BCUT2D eigenvalue weighted by atomic mass is 19.1. The van der Waals surface area contributed by atoms with E-state index in [1.165, 1.54) is 44.2 Å². The first kappa shape index (κ1) is 12.2. The van der Waals surface area contributed by atoms with E-state index in [1.807, 2.05) is 0 Å². The second kappa shape index (κ2) is 4.94. The van der Waals surface area contributed by atoms with E-state index in [1.54, 1.807) is 6.07 Å². The highest BCUT2D eigenvalue weighted by molar-refractivity contribution is 5.65. The fraction of sp³-hybridized carbons (Fsp3) is 0.571. The lowest BCUT2D eigenvalue weighted by Crippen LogP contribution is -2.29. The zero-order valence-corrected chi connectivity index (χ0v) is 10.4. The predicted octanol–water partition coefficient (Wildman–Crippen LogP) is 3.79. The van der Waals surface area contributed by atoms with Crippen LogP contribution < -0.4 is 11.1 Å². The Morgan fingerprint density at radius 1 is 1.29 bits per heavy atom. The molecular weight excluding hydrogens is 215 g/mol. The second-order valence-corrected chi connectivity index (χ2v) is 5.46. The van der Waals surface area contributed by atoms with Crippen molar-refractivity contribution in [2.24, 2.45) is 5.41 Å². The molecule has 1 fully saturated rings. The number of nitrogen functional groups attached to an aromatic ring is 1. The fourth-order valence-electron chi connectivity index (χ4n) is 2.57. The Morgan fingerprint density at radius 2 is 2.00 bits per heavy atom. The maximum absolute atomic E-state index is 13.1. The van der Waals surface area contributed by atoms with Crippen molar-refractivity contribution in [1.29, 1.82) is 0 Å². The van der Waals surface area contributed by atoms with Crippen LogP contribution in [0.5, 0.6) is 0 Å². The van der Waals surface area contributed by atoms with Crippen LogP contribution in [-0.2, 0) is 0 Å². The zero-order chi connectivity index (χ0) is 12.3. The molecule has 94 valence electrons. The summed E-state index contributed by atoms with van der Waals surface area (Å²) < 4.78 is 13.1. The maximum Gasteiger partial charge on any atom is 0.125 e. The van der Waals surface area contributed by atoms with Crippen molar-refractivity contribution >= 4 is 11.4 Å². The van der Waals surface area contributed by atoms with Gasteiger partial charge in [-0.1, -0.05) is 26.2 Å². The molecule has 0 spiro atoms. The molecule has 0 atom stereocenters. The third-order valence-electron chi connectivity index (χ3n) is 3.78. The third kappa shape index (κ3) is 3.11. The molecular formula is C14H21FN2. The van der Waals surface area contributed by atoms with Crippen molar-refractivity contribution in [2.45, 2.75) is 39.0 Å². The second-order valence-electron chi connectivity index (χ2n) is 5.46. The van der Waals surface area contributed by atoms with Crippen molar-refractivity contribution < 1.29 is 4.39 Å². The molecule has 1 aromatic carbocycles. The minimum atomic E-state index is -0.240. The quantitative estimate of drug-likeness (QED) is 0.784. The van der Waals surface area contributed by atoms with Crippen molar-refractivity contribution in [3.05, 3.63) is 24.0 Å². The van der Waals surface area contributed by atoms with Crippen molar-refractivity contribution in [3.63, 3.8) is 0 Å². The molecule has 0 saturated heterocycles. The summed E-state index contributed by atoms with van der Waals surface area (Å²) in [6.07, 6.45) is 6.44. The van der Waals surface area contributed by atoms with E-state index in [2.05, 4.69) is 12.2 Å². The molecule has 2 rings (SSSR count). The molecule has 3 heteroatoms. The highest BCUT2D eigenvalue weighted by Crippen LogP contribution is 2.36. The average molecular weight is 236 g/mol. The smallest absolute Gasteiger partial charge is 0.125 e. The first-order valence-corrected chi connectivity index (χ1v) is 6.38. The van der Waals surface area contributed by atoms with Gasteiger partial charge in [0, 0.05) is 6.54 Å². The van der Waals surface area contributed by atoms with Gasteiger partial charge in [-0.05, 0) is 36.5 Å². The molecule has 0 amide bonds. The predicted molar refractivity (Wildman–Crippen MR) is 70.5 cm³/mol. The zero-order valence-electron chi connectivity index (χ0n) is 10.4. The van der Waals surface area contributed by atoms with Gasteiger partial charge in [-0.2, -0.15) is 0 Å². The molecule has 1 aromatic rings. The molecule has 3 N–H and O–H groups in total. The van der Waals surface area contributed by atoms with Crippen LogP contribution in [0.1, 0.15) is 39.0 Å². The Labute approximate surface area is 102 Å². The number of hydrogen-bond acceptors (Lipinski definition) is 2. The molecule has 0 aliphatic heterocycles. The summed E-state index contributed by atoms with van der Waals surface area (Å²) in [5, 5.41) is 3.30. The molecule has 0 bridgehead atoms. The van der Waals surface area contributed by atoms with Gasteiger partial charge in [0.2, 0.25) is 0 Å². The van der Waals surface area contributed by atoms with Crippen LogP contribution >= 0.6 is 0 Å². The Hall–Kier alpha value is -1.25. The van der Waals surface area contributed by atoms with Gasteiger partial charge >= 0.3 is 0 Å². The topological polar surface area (TPSA) is 38.0 Å². The van der Waals surface area contributed by atoms with Crippen molar-refractivity contribution in [1.82, 2.24) is 0 Å². The number of benzene rings is 1. The summed E-state index contributed by atoms with van der Waals surface area (Å²) in [4.78, 5) is 0. The first-order valence-electron chi connectivity index (χ1n) is 6.38. The van der Waals surface area contributed by atoms with Gasteiger partial charge in [0.25, 0.3) is 0 Å². The van der Waals surface area contributed by atoms with Gasteiger partial charge in [0.1, 0.15) is 5.82 Å². The molecule has 1 aliphatic carbocycles. The Bertz CT molecular complexity index is 384. The molecule has 1 aliphatic rings. The minimum Gasteiger partial charge on any atom is -0.397 e. The lowest BCUT2D eigenvalue weighted by atomic mass is 9.76. The van der Waals surface area contributed by atoms with Gasteiger partial charge in [-0.3, -0.25) is 0 Å². The van der Waals surface area contributed by atoms with E-state index in [0.717, 1.165) is 12.2 Å². The SMILES string of the molecule is CC1(CNc2cc(F)ccc2N)CCCCC1. The van der Waals surface area contributed by atoms with E-state index in [9.17, 15) is 4.39 Å². The van der Waals surface area contributed by atoms with Crippen LogP contribution in [0.2, 0.25) is 0 Å². The summed E-state index contributed by atoms with van der Waals surface area (Å²) in [6, 6.07) is 4.48. The molecule has 0 radical (unpaired) electrons. The van der Waals surface area contributed by atoms with Gasteiger partial charge in [0.15, 0.2) is 0 Å². The van der Waals surface area contributed by atoms with Crippen LogP contribution in [0.15, 0.2) is 18.2 Å². The van der Waals surface area contributed by atoms with Gasteiger partial charge in [-0.15, -0.1) is 0 Å². The van der Waals surface area contributed by atoms with Crippen molar-refractivity contribution in [2.75, 3.05) is 17.6 Å². The summed E-state index contributed by atoms with van der Waals surface area (Å²) in [7, 11) is 0. The summed E-state index contributed by atoms with van der Waals surface area (Å²) >= 11 is 0. The van der Waals surface area contributed by atoms with Crippen LogP contribution in [0.25, 0.3) is 0 Å². The molecule has 17 heavy (non-hydrogen) atoms. The average Bonchev–Trinajstić information content (AvgIpc) is 2.31. The fourth-order valence-corrected chi connectivity index (χ4v) is 2.57. The number of nitrogens with one attached hydrogen (secondary N) is 1. The minimum absolute atomic E-state index is 0.240. The van der Waals surface area contributed by atoms with Gasteiger partial charge < -0.3 is 11.1 Å². The Kier molecular flexibility index (Phi) is 3.55. The van der Waals surface area contributed by atoms with Gasteiger partial charge in [-0.25, -0.2) is 4.39 Å². The molecule has 0 aromatic heterocycles. The van der Waals surface area contributed by atoms with E-state index in [4.69, 9.17) is 5.73 Å². The number of hydrogen-bond donors (Lipinski definition) is 2. The number of nitrogens with two attached hydrogens (primary N) is 1. The lowest BCUT2D eigenvalue weighted by molar-refractivity contribution is 0.233. The summed E-state index contributed by atoms with van der Waals surface area (Å²) in [5.74, 6) is -0.240. The highest BCUT2D eigenvalue weighted by Gasteiger charge is 2.26. The van der Waals surface area contributed by atoms with E-state index < -0.39 is 0 Å². The Morgan fingerprint density at radius 3 is 2.71 bits per heavy atom. The summed E-state index contributed by atoms with van der Waals surface area (Å²) in [6.45, 7) is 3.18. The first-order chi connectivity index (χ1) is 8.09. The molecule has 1 saturated carbocycles. The lowest BCUT2D eigenvalue weighted by Gasteiger charge is -2.34. The van der Waals surface area contributed by atoms with Crippen molar-refractivity contribution in [3.8, 4) is 0 Å². The van der Waals surface area contributed by atoms with Crippen LogP contribution in [0.4, 0.5) is 15.8 Å². The number of rotatable bonds is 3. The van der Waals surface area contributed by atoms with Crippen LogP contribution in [0, 0.1) is 11.2 Å². The third-order valence-corrected chi connectivity index (χ3v) is 3.78. The van der Waals surface area contributed by atoms with E-state index >= 15 is 0 Å². The van der Waals surface area contributed by atoms with E-state index in [0.29, 0.717) is 11.1 Å². The maximum atomic E-state index is 13.1.